The van der Waals surface area contributed by atoms with E-state index in [1.807, 2.05) is 12.1 Å². The zero-order chi connectivity index (χ0) is 16.2. The number of carbonyl (C=O) groups is 2. The van der Waals surface area contributed by atoms with Gasteiger partial charge in [-0.2, -0.15) is 0 Å². The fraction of sp³-hybridized carbons (Fsp3) is 0.263. The quantitative estimate of drug-likeness (QED) is 0.875. The van der Waals surface area contributed by atoms with Gasteiger partial charge < -0.3 is 9.84 Å². The van der Waals surface area contributed by atoms with Crippen molar-refractivity contribution < 1.29 is 19.4 Å². The summed E-state index contributed by atoms with van der Waals surface area (Å²) in [6, 6.07) is 14.3. The van der Waals surface area contributed by atoms with E-state index < -0.39 is 11.9 Å². The fourth-order valence-electron chi connectivity index (χ4n) is 3.13. The number of aromatic carboxylic acids is 1. The summed E-state index contributed by atoms with van der Waals surface area (Å²) >= 11 is 0. The maximum absolute atomic E-state index is 12.2. The van der Waals surface area contributed by atoms with Crippen LogP contribution >= 0.6 is 0 Å². The largest absolute Gasteiger partial charge is 0.478 e. The van der Waals surface area contributed by atoms with Crippen molar-refractivity contribution in [3.05, 3.63) is 70.8 Å². The summed E-state index contributed by atoms with van der Waals surface area (Å²) in [5.74, 6) is -1.52. The lowest BCUT2D eigenvalue weighted by molar-refractivity contribution is 0.0463. The molecule has 0 unspecified atom stereocenters. The Morgan fingerprint density at radius 3 is 2.52 bits per heavy atom. The Morgan fingerprint density at radius 2 is 1.74 bits per heavy atom. The molecule has 1 N–H and O–H groups in total. The van der Waals surface area contributed by atoms with Crippen molar-refractivity contribution in [3.8, 4) is 0 Å². The number of hydrogen-bond acceptors (Lipinski definition) is 3. The summed E-state index contributed by atoms with van der Waals surface area (Å²) in [7, 11) is 0. The Hall–Kier alpha value is -2.62. The molecule has 0 bridgehead atoms. The predicted octanol–water partition coefficient (Wildman–Crippen LogP) is 3.66. The average Bonchev–Trinajstić information content (AvgIpc) is 2.59. The number of fused-ring (bicyclic) bond motifs is 1. The third-order valence-corrected chi connectivity index (χ3v) is 4.29. The SMILES string of the molecule is O=C(O)c1ccccc1C(=O)OC[C@H]1CCCc2ccccc21. The highest BCUT2D eigenvalue weighted by Crippen LogP contribution is 2.31. The molecule has 2 aromatic carbocycles. The number of esters is 1. The van der Waals surface area contributed by atoms with E-state index >= 15 is 0 Å². The molecule has 1 aliphatic carbocycles. The molecule has 23 heavy (non-hydrogen) atoms. The minimum atomic E-state index is -1.12. The Bertz CT molecular complexity index is 736. The highest BCUT2D eigenvalue weighted by Gasteiger charge is 2.23. The van der Waals surface area contributed by atoms with Gasteiger partial charge in [0, 0.05) is 5.92 Å². The van der Waals surface area contributed by atoms with Gasteiger partial charge in [0.25, 0.3) is 0 Å². The third kappa shape index (κ3) is 3.26. The maximum Gasteiger partial charge on any atom is 0.339 e. The van der Waals surface area contributed by atoms with Crippen molar-refractivity contribution in [3.63, 3.8) is 0 Å². The second-order valence-corrected chi connectivity index (χ2v) is 5.74. The van der Waals surface area contributed by atoms with Crippen LogP contribution in [0.2, 0.25) is 0 Å². The van der Waals surface area contributed by atoms with Crippen LogP contribution in [0.3, 0.4) is 0 Å². The molecule has 0 amide bonds. The van der Waals surface area contributed by atoms with Gasteiger partial charge in [-0.1, -0.05) is 36.4 Å². The number of rotatable bonds is 4. The monoisotopic (exact) mass is 310 g/mol. The van der Waals surface area contributed by atoms with Crippen LogP contribution in [0.15, 0.2) is 48.5 Å². The van der Waals surface area contributed by atoms with E-state index in [4.69, 9.17) is 9.84 Å². The Kier molecular flexibility index (Phi) is 4.42. The standard InChI is InChI=1S/C19H18O4/c20-18(21)16-10-3-4-11-17(16)19(22)23-12-14-8-5-7-13-6-1-2-9-15(13)14/h1-4,6,9-11,14H,5,7-8,12H2,(H,20,21)/t14-/m1/s1. The van der Waals surface area contributed by atoms with Gasteiger partial charge in [0.05, 0.1) is 17.7 Å². The van der Waals surface area contributed by atoms with Crippen molar-refractivity contribution >= 4 is 11.9 Å². The van der Waals surface area contributed by atoms with Gasteiger partial charge in [-0.15, -0.1) is 0 Å². The minimum Gasteiger partial charge on any atom is -0.478 e. The van der Waals surface area contributed by atoms with Crippen LogP contribution in [0.4, 0.5) is 0 Å². The summed E-state index contributed by atoms with van der Waals surface area (Å²) in [6.45, 7) is 0.282. The summed E-state index contributed by atoms with van der Waals surface area (Å²) in [6.07, 6.45) is 3.11. The lowest BCUT2D eigenvalue weighted by Gasteiger charge is -2.25. The minimum absolute atomic E-state index is 0.0263. The Morgan fingerprint density at radius 1 is 1.04 bits per heavy atom. The van der Waals surface area contributed by atoms with Crippen LogP contribution in [0.25, 0.3) is 0 Å². The van der Waals surface area contributed by atoms with E-state index in [-0.39, 0.29) is 23.7 Å². The number of benzene rings is 2. The molecule has 0 aromatic heterocycles. The van der Waals surface area contributed by atoms with Crippen molar-refractivity contribution in [2.24, 2.45) is 0 Å². The first kappa shape index (κ1) is 15.3. The molecule has 118 valence electrons. The van der Waals surface area contributed by atoms with Gasteiger partial charge in [-0.05, 0) is 42.5 Å². The second-order valence-electron chi connectivity index (χ2n) is 5.74. The molecule has 4 nitrogen and oxygen atoms in total. The smallest absolute Gasteiger partial charge is 0.339 e. The van der Waals surface area contributed by atoms with Crippen LogP contribution < -0.4 is 0 Å². The molecule has 0 saturated carbocycles. The molecule has 4 heteroatoms. The molecule has 1 atom stereocenters. The number of aryl methyl sites for hydroxylation is 1. The average molecular weight is 310 g/mol. The highest BCUT2D eigenvalue weighted by atomic mass is 16.5. The van der Waals surface area contributed by atoms with Crippen molar-refractivity contribution in [1.82, 2.24) is 0 Å². The zero-order valence-electron chi connectivity index (χ0n) is 12.7. The molecule has 0 saturated heterocycles. The summed E-state index contributed by atoms with van der Waals surface area (Å²) in [5.41, 5.74) is 2.62. The van der Waals surface area contributed by atoms with E-state index in [0.29, 0.717) is 0 Å². The zero-order valence-corrected chi connectivity index (χ0v) is 12.7. The van der Waals surface area contributed by atoms with Crippen molar-refractivity contribution in [2.75, 3.05) is 6.61 Å². The van der Waals surface area contributed by atoms with Gasteiger partial charge in [-0.3, -0.25) is 0 Å². The molecule has 1 aliphatic rings. The first-order valence-electron chi connectivity index (χ1n) is 7.74. The number of ether oxygens (including phenoxy) is 1. The highest BCUT2D eigenvalue weighted by molar-refractivity contribution is 6.02. The lowest BCUT2D eigenvalue weighted by Crippen LogP contribution is -2.19. The lowest BCUT2D eigenvalue weighted by atomic mass is 9.83. The molecular weight excluding hydrogens is 292 g/mol. The summed E-state index contributed by atoms with van der Waals surface area (Å²) in [4.78, 5) is 23.4. The van der Waals surface area contributed by atoms with E-state index in [0.717, 1.165) is 19.3 Å². The van der Waals surface area contributed by atoms with Crippen LogP contribution in [0.5, 0.6) is 0 Å². The van der Waals surface area contributed by atoms with Crippen LogP contribution in [0.1, 0.15) is 50.6 Å². The number of carboxylic acid groups (broad SMARTS) is 1. The van der Waals surface area contributed by atoms with Crippen LogP contribution in [0, 0.1) is 0 Å². The molecular formula is C19H18O4. The van der Waals surface area contributed by atoms with Gasteiger partial charge >= 0.3 is 11.9 Å². The second kappa shape index (κ2) is 6.65. The van der Waals surface area contributed by atoms with Crippen molar-refractivity contribution in [1.29, 1.82) is 0 Å². The summed E-state index contributed by atoms with van der Waals surface area (Å²) < 4.78 is 5.41. The molecule has 3 rings (SSSR count). The number of carbonyl (C=O) groups excluding carboxylic acids is 1. The van der Waals surface area contributed by atoms with E-state index in [1.54, 1.807) is 12.1 Å². The first-order chi connectivity index (χ1) is 11.2. The molecule has 0 heterocycles. The third-order valence-electron chi connectivity index (χ3n) is 4.29. The Balaban J connectivity index is 1.72. The van der Waals surface area contributed by atoms with E-state index in [2.05, 4.69) is 12.1 Å². The van der Waals surface area contributed by atoms with Gasteiger partial charge in [0.15, 0.2) is 0 Å². The van der Waals surface area contributed by atoms with Crippen LogP contribution in [-0.4, -0.2) is 23.7 Å². The number of hydrogen-bond donors (Lipinski definition) is 1. The van der Waals surface area contributed by atoms with Gasteiger partial charge in [-0.25, -0.2) is 9.59 Å². The molecule has 0 spiro atoms. The van der Waals surface area contributed by atoms with Gasteiger partial charge in [0.1, 0.15) is 0 Å². The first-order valence-corrected chi connectivity index (χ1v) is 7.74. The van der Waals surface area contributed by atoms with Crippen LogP contribution in [-0.2, 0) is 11.2 Å². The van der Waals surface area contributed by atoms with Crippen molar-refractivity contribution in [2.45, 2.75) is 25.2 Å². The molecule has 0 radical (unpaired) electrons. The van der Waals surface area contributed by atoms with E-state index in [9.17, 15) is 9.59 Å². The predicted molar refractivity (Wildman–Crippen MR) is 85.8 cm³/mol. The number of carboxylic acids is 1. The van der Waals surface area contributed by atoms with Gasteiger partial charge in [0.2, 0.25) is 0 Å². The molecule has 0 aliphatic heterocycles. The topological polar surface area (TPSA) is 63.6 Å². The molecule has 0 fully saturated rings. The fourth-order valence-corrected chi connectivity index (χ4v) is 3.13. The van der Waals surface area contributed by atoms with E-state index in [1.165, 1.54) is 23.3 Å². The maximum atomic E-state index is 12.2. The molecule has 2 aromatic rings. The normalized spacial score (nSPS) is 16.4. The Labute approximate surface area is 134 Å². The summed E-state index contributed by atoms with van der Waals surface area (Å²) in [5, 5.41) is 9.15.